The van der Waals surface area contributed by atoms with E-state index in [0.717, 1.165) is 6.42 Å². The predicted molar refractivity (Wildman–Crippen MR) is 78.5 cm³/mol. The molecule has 0 radical (unpaired) electrons. The molecule has 19 heavy (non-hydrogen) atoms. The summed E-state index contributed by atoms with van der Waals surface area (Å²) < 4.78 is 5.42. The molecule has 0 saturated heterocycles. The molecule has 4 heteroatoms. The molecular formula is C15H24N2O2. The quantitative estimate of drug-likeness (QED) is 0.832. The van der Waals surface area contributed by atoms with Crippen molar-refractivity contribution in [2.45, 2.75) is 39.7 Å². The van der Waals surface area contributed by atoms with Gasteiger partial charge in [0.2, 0.25) is 0 Å². The topological polar surface area (TPSA) is 55.6 Å². The van der Waals surface area contributed by atoms with Gasteiger partial charge in [-0.1, -0.05) is 6.92 Å². The summed E-state index contributed by atoms with van der Waals surface area (Å²) in [5.41, 5.74) is 6.73. The minimum Gasteiger partial charge on any atom is -0.494 e. The Hall–Kier alpha value is -1.71. The van der Waals surface area contributed by atoms with Crippen LogP contribution in [0.3, 0.4) is 0 Å². The number of anilines is 1. The number of benzene rings is 1. The first kappa shape index (κ1) is 15.3. The number of carbonyl (C=O) groups excluding carboxylic acids is 1. The fraction of sp³-hybridized carbons (Fsp3) is 0.533. The second-order valence-electron chi connectivity index (χ2n) is 5.25. The maximum Gasteiger partial charge on any atom is 0.254 e. The molecule has 0 heterocycles. The van der Waals surface area contributed by atoms with Gasteiger partial charge in [-0.15, -0.1) is 0 Å². The van der Waals surface area contributed by atoms with Gasteiger partial charge < -0.3 is 15.4 Å². The van der Waals surface area contributed by atoms with Gasteiger partial charge in [0.05, 0.1) is 6.61 Å². The summed E-state index contributed by atoms with van der Waals surface area (Å²) in [6.45, 7) is 8.60. The number of ether oxygens (including phenoxy) is 1. The van der Waals surface area contributed by atoms with E-state index in [1.54, 1.807) is 23.1 Å². The van der Waals surface area contributed by atoms with Crippen LogP contribution in [0.5, 0.6) is 5.75 Å². The molecule has 0 aromatic heterocycles. The second kappa shape index (κ2) is 5.95. The summed E-state index contributed by atoms with van der Waals surface area (Å²) in [4.78, 5) is 14.2. The Morgan fingerprint density at radius 3 is 2.47 bits per heavy atom. The van der Waals surface area contributed by atoms with Crippen LogP contribution in [0.25, 0.3) is 0 Å². The first-order valence-corrected chi connectivity index (χ1v) is 6.63. The fourth-order valence-corrected chi connectivity index (χ4v) is 1.70. The Morgan fingerprint density at radius 1 is 1.32 bits per heavy atom. The van der Waals surface area contributed by atoms with Crippen LogP contribution in [-0.2, 0) is 0 Å². The smallest absolute Gasteiger partial charge is 0.254 e. The Bertz CT molecular complexity index is 455. The van der Waals surface area contributed by atoms with E-state index in [-0.39, 0.29) is 11.4 Å². The van der Waals surface area contributed by atoms with Gasteiger partial charge in [-0.2, -0.15) is 0 Å². The van der Waals surface area contributed by atoms with Crippen molar-refractivity contribution in [2.24, 2.45) is 0 Å². The van der Waals surface area contributed by atoms with Crippen molar-refractivity contribution >= 4 is 11.6 Å². The van der Waals surface area contributed by atoms with E-state index in [9.17, 15) is 4.79 Å². The molecule has 0 aliphatic heterocycles. The van der Waals surface area contributed by atoms with Gasteiger partial charge in [0.25, 0.3) is 5.91 Å². The van der Waals surface area contributed by atoms with E-state index >= 15 is 0 Å². The predicted octanol–water partition coefficient (Wildman–Crippen LogP) is 2.93. The molecular weight excluding hydrogens is 240 g/mol. The van der Waals surface area contributed by atoms with Crippen LogP contribution in [0, 0.1) is 0 Å². The summed E-state index contributed by atoms with van der Waals surface area (Å²) in [7, 11) is 1.81. The number of amides is 1. The van der Waals surface area contributed by atoms with Crippen LogP contribution < -0.4 is 10.5 Å². The van der Waals surface area contributed by atoms with E-state index in [4.69, 9.17) is 10.5 Å². The van der Waals surface area contributed by atoms with Crippen molar-refractivity contribution in [3.8, 4) is 5.75 Å². The van der Waals surface area contributed by atoms with Gasteiger partial charge in [-0.25, -0.2) is 0 Å². The van der Waals surface area contributed by atoms with Crippen molar-refractivity contribution in [1.82, 2.24) is 4.90 Å². The van der Waals surface area contributed by atoms with Crippen LogP contribution in [0.1, 0.15) is 44.5 Å². The minimum absolute atomic E-state index is 0.0416. The molecule has 2 N–H and O–H groups in total. The molecule has 0 saturated carbocycles. The summed E-state index contributed by atoms with van der Waals surface area (Å²) in [6, 6.07) is 5.16. The highest BCUT2D eigenvalue weighted by Crippen LogP contribution is 2.23. The van der Waals surface area contributed by atoms with Crippen molar-refractivity contribution in [3.05, 3.63) is 23.8 Å². The summed E-state index contributed by atoms with van der Waals surface area (Å²) in [5, 5.41) is 0. The van der Waals surface area contributed by atoms with Gasteiger partial charge in [-0.3, -0.25) is 4.79 Å². The zero-order chi connectivity index (χ0) is 14.6. The van der Waals surface area contributed by atoms with Crippen LogP contribution in [-0.4, -0.2) is 30.0 Å². The van der Waals surface area contributed by atoms with Gasteiger partial charge in [0, 0.05) is 29.9 Å². The molecule has 1 rings (SSSR count). The van der Waals surface area contributed by atoms with E-state index < -0.39 is 0 Å². The zero-order valence-corrected chi connectivity index (χ0v) is 12.5. The number of rotatable bonds is 5. The van der Waals surface area contributed by atoms with Gasteiger partial charge >= 0.3 is 0 Å². The number of nitrogens with two attached hydrogens (primary N) is 1. The van der Waals surface area contributed by atoms with E-state index in [1.807, 2.05) is 27.8 Å². The first-order chi connectivity index (χ1) is 8.81. The molecule has 0 spiro atoms. The largest absolute Gasteiger partial charge is 0.494 e. The molecule has 0 fully saturated rings. The van der Waals surface area contributed by atoms with Crippen LogP contribution in [0.15, 0.2) is 18.2 Å². The lowest BCUT2D eigenvalue weighted by Crippen LogP contribution is -2.44. The normalized spacial score (nSPS) is 11.2. The molecule has 1 aromatic rings. The van der Waals surface area contributed by atoms with Crippen molar-refractivity contribution < 1.29 is 9.53 Å². The highest BCUT2D eigenvalue weighted by molar-refractivity contribution is 5.95. The fourth-order valence-electron chi connectivity index (χ4n) is 1.70. The van der Waals surface area contributed by atoms with E-state index in [2.05, 4.69) is 6.92 Å². The lowest BCUT2D eigenvalue weighted by Gasteiger charge is -2.35. The lowest BCUT2D eigenvalue weighted by molar-refractivity contribution is 0.0620. The van der Waals surface area contributed by atoms with Crippen LogP contribution in [0.4, 0.5) is 5.69 Å². The Labute approximate surface area is 115 Å². The van der Waals surface area contributed by atoms with Crippen molar-refractivity contribution in [3.63, 3.8) is 0 Å². The third-order valence-electron chi connectivity index (χ3n) is 3.56. The van der Waals surface area contributed by atoms with E-state index in [0.29, 0.717) is 23.6 Å². The Kier molecular flexibility index (Phi) is 4.81. The average Bonchev–Trinajstić information content (AvgIpc) is 2.36. The average molecular weight is 264 g/mol. The van der Waals surface area contributed by atoms with Crippen LogP contribution in [0.2, 0.25) is 0 Å². The highest BCUT2D eigenvalue weighted by atomic mass is 16.5. The minimum atomic E-state index is -0.187. The van der Waals surface area contributed by atoms with Gasteiger partial charge in [0.15, 0.2) is 0 Å². The molecule has 0 aliphatic carbocycles. The summed E-state index contributed by atoms with van der Waals surface area (Å²) >= 11 is 0. The van der Waals surface area contributed by atoms with Crippen LogP contribution >= 0.6 is 0 Å². The Balaban J connectivity index is 3.05. The van der Waals surface area contributed by atoms with Crippen molar-refractivity contribution in [2.75, 3.05) is 19.4 Å². The molecule has 0 atom stereocenters. The number of carbonyl (C=O) groups is 1. The number of hydrogen-bond acceptors (Lipinski definition) is 3. The monoisotopic (exact) mass is 264 g/mol. The van der Waals surface area contributed by atoms with E-state index in [1.165, 1.54) is 0 Å². The van der Waals surface area contributed by atoms with Gasteiger partial charge in [-0.05, 0) is 39.3 Å². The second-order valence-corrected chi connectivity index (χ2v) is 5.25. The van der Waals surface area contributed by atoms with Crippen molar-refractivity contribution in [1.29, 1.82) is 0 Å². The molecule has 0 bridgehead atoms. The summed E-state index contributed by atoms with van der Waals surface area (Å²) in [5.74, 6) is 0.591. The molecule has 1 aromatic carbocycles. The Morgan fingerprint density at radius 2 is 1.95 bits per heavy atom. The molecule has 4 nitrogen and oxygen atoms in total. The molecule has 0 aliphatic rings. The number of nitrogen functional groups attached to an aromatic ring is 1. The number of hydrogen-bond donors (Lipinski definition) is 1. The number of nitrogens with zero attached hydrogens (tertiary/aromatic N) is 1. The third kappa shape index (κ3) is 3.63. The zero-order valence-electron chi connectivity index (χ0n) is 12.5. The summed E-state index contributed by atoms with van der Waals surface area (Å²) in [6.07, 6.45) is 0.885. The molecule has 106 valence electrons. The maximum atomic E-state index is 12.5. The third-order valence-corrected chi connectivity index (χ3v) is 3.56. The van der Waals surface area contributed by atoms with Gasteiger partial charge in [0.1, 0.15) is 5.75 Å². The highest BCUT2D eigenvalue weighted by Gasteiger charge is 2.26. The lowest BCUT2D eigenvalue weighted by atomic mass is 9.98. The first-order valence-electron chi connectivity index (χ1n) is 6.63. The molecule has 0 unspecified atom stereocenters. The maximum absolute atomic E-state index is 12.5. The standard InChI is InChI=1S/C15H24N2O2/c1-6-15(3,4)17(5)14(18)11-8-12(16)10-13(9-11)19-7-2/h8-10H,6-7,16H2,1-5H3. The molecule has 1 amide bonds. The SMILES string of the molecule is CCOc1cc(N)cc(C(=O)N(C)C(C)(C)CC)c1.